The third-order valence-electron chi connectivity index (χ3n) is 8.48. The molecule has 1 fully saturated rings. The summed E-state index contributed by atoms with van der Waals surface area (Å²) >= 11 is 0. The Morgan fingerprint density at radius 3 is 2.65 bits per heavy atom. The van der Waals surface area contributed by atoms with E-state index in [0.717, 1.165) is 29.6 Å². The van der Waals surface area contributed by atoms with Crippen LogP contribution in [-0.4, -0.2) is 49.8 Å². The van der Waals surface area contributed by atoms with Crippen molar-refractivity contribution in [1.29, 1.82) is 0 Å². The molecule has 2 atom stereocenters. The largest absolute Gasteiger partial charge is 0.458 e. The summed E-state index contributed by atoms with van der Waals surface area (Å²) in [7, 11) is 0. The highest BCUT2D eigenvalue weighted by molar-refractivity contribution is 5.90. The lowest BCUT2D eigenvalue weighted by Gasteiger charge is -2.35. The summed E-state index contributed by atoms with van der Waals surface area (Å²) in [4.78, 5) is 33.3. The summed E-state index contributed by atoms with van der Waals surface area (Å²) in [6, 6.07) is 4.87. The van der Waals surface area contributed by atoms with Gasteiger partial charge >= 0.3 is 5.97 Å². The number of aliphatic hydroxyl groups is 2. The van der Waals surface area contributed by atoms with E-state index >= 15 is 0 Å². The first-order valence-corrected chi connectivity index (χ1v) is 12.9. The molecule has 1 aromatic carbocycles. The predicted octanol–water partition coefficient (Wildman–Crippen LogP) is 3.04. The number of piperidine rings is 1. The number of carbonyl (C=O) groups excluding carboxylic acids is 1. The number of nitrogens with zero attached hydrogens (tertiary/aromatic N) is 3. The number of hydrogen-bond acceptors (Lipinski definition) is 7. The molecular weight excluding hydrogens is 477 g/mol. The zero-order valence-corrected chi connectivity index (χ0v) is 21.2. The number of aryl methyl sites for hydroxylation is 1. The molecular formula is C28H30FN3O5. The van der Waals surface area contributed by atoms with E-state index in [2.05, 4.69) is 11.8 Å². The van der Waals surface area contributed by atoms with E-state index in [-0.39, 0.29) is 54.2 Å². The van der Waals surface area contributed by atoms with Crippen molar-refractivity contribution in [3.05, 3.63) is 62.2 Å². The maximum atomic E-state index is 14.7. The van der Waals surface area contributed by atoms with Crippen LogP contribution in [0.2, 0.25) is 0 Å². The minimum atomic E-state index is -1.91. The highest BCUT2D eigenvalue weighted by Gasteiger charge is 2.45. The molecule has 5 heterocycles. The maximum absolute atomic E-state index is 14.7. The van der Waals surface area contributed by atoms with E-state index in [9.17, 15) is 24.2 Å². The molecule has 194 valence electrons. The van der Waals surface area contributed by atoms with Crippen LogP contribution in [0.25, 0.3) is 22.3 Å². The number of carbonyl (C=O) groups is 1. The number of aliphatic hydroxyl groups excluding tert-OH is 1. The smallest absolute Gasteiger partial charge is 0.343 e. The molecule has 2 N–H and O–H groups in total. The van der Waals surface area contributed by atoms with Crippen molar-refractivity contribution in [1.82, 2.24) is 14.5 Å². The fourth-order valence-corrected chi connectivity index (χ4v) is 6.17. The molecule has 3 aromatic rings. The van der Waals surface area contributed by atoms with Gasteiger partial charge < -0.3 is 19.5 Å². The van der Waals surface area contributed by atoms with E-state index in [1.165, 1.54) is 6.07 Å². The molecule has 2 aromatic heterocycles. The number of benzene rings is 1. The van der Waals surface area contributed by atoms with Crippen LogP contribution in [0.3, 0.4) is 0 Å². The molecule has 0 bridgehead atoms. The van der Waals surface area contributed by atoms with Gasteiger partial charge in [-0.1, -0.05) is 6.92 Å². The number of esters is 1. The van der Waals surface area contributed by atoms with Gasteiger partial charge in [-0.3, -0.25) is 9.69 Å². The zero-order chi connectivity index (χ0) is 26.2. The molecule has 9 heteroatoms. The standard InChI is InChI=1S/C28H30FN3O5/c1-4-28(36)20-10-23-25-18(12-32(23)26(34)19(20)13-37-27(28)35)24(15(3)31-7-5-16(33)6-8-31)17-9-14(2)21(29)11-22(17)30-25/h9-11,15-16,33,36H,4-8,12-13H2,1-3H3/t15-,28+/m1/s1. The lowest BCUT2D eigenvalue weighted by Crippen LogP contribution is -2.44. The summed E-state index contributed by atoms with van der Waals surface area (Å²) in [5.74, 6) is -1.13. The number of fused-ring (bicyclic) bond motifs is 5. The van der Waals surface area contributed by atoms with Crippen molar-refractivity contribution in [2.24, 2.45) is 0 Å². The molecule has 1 saturated heterocycles. The summed E-state index contributed by atoms with van der Waals surface area (Å²) in [5.41, 5.74) is 2.23. The number of likely N-dealkylation sites (tertiary alicyclic amines) is 1. The average molecular weight is 508 g/mol. The number of ether oxygens (including phenoxy) is 1. The van der Waals surface area contributed by atoms with Gasteiger partial charge in [0.25, 0.3) is 5.56 Å². The predicted molar refractivity (Wildman–Crippen MR) is 134 cm³/mol. The minimum Gasteiger partial charge on any atom is -0.458 e. The van der Waals surface area contributed by atoms with Crippen molar-refractivity contribution in [3.63, 3.8) is 0 Å². The Hall–Kier alpha value is -3.14. The third-order valence-corrected chi connectivity index (χ3v) is 8.48. The number of cyclic esters (lactones) is 1. The van der Waals surface area contributed by atoms with Crippen LogP contribution in [0.1, 0.15) is 67.0 Å². The van der Waals surface area contributed by atoms with Crippen LogP contribution in [0.15, 0.2) is 23.0 Å². The maximum Gasteiger partial charge on any atom is 0.343 e. The Balaban J connectivity index is 1.60. The Morgan fingerprint density at radius 2 is 1.95 bits per heavy atom. The van der Waals surface area contributed by atoms with Crippen LogP contribution < -0.4 is 5.56 Å². The van der Waals surface area contributed by atoms with Gasteiger partial charge in [-0.15, -0.1) is 0 Å². The second-order valence-electron chi connectivity index (χ2n) is 10.5. The Labute approximate surface area is 213 Å². The highest BCUT2D eigenvalue weighted by Crippen LogP contribution is 2.43. The van der Waals surface area contributed by atoms with E-state index in [4.69, 9.17) is 9.72 Å². The average Bonchev–Trinajstić information content (AvgIpc) is 3.24. The molecule has 8 nitrogen and oxygen atoms in total. The number of halogens is 1. The van der Waals surface area contributed by atoms with Crippen LogP contribution in [0.4, 0.5) is 4.39 Å². The second-order valence-corrected chi connectivity index (χ2v) is 10.5. The fourth-order valence-electron chi connectivity index (χ4n) is 6.17. The van der Waals surface area contributed by atoms with Gasteiger partial charge in [0.2, 0.25) is 0 Å². The highest BCUT2D eigenvalue weighted by atomic mass is 19.1. The van der Waals surface area contributed by atoms with Gasteiger partial charge in [0.1, 0.15) is 12.4 Å². The first-order valence-electron chi connectivity index (χ1n) is 12.9. The molecule has 37 heavy (non-hydrogen) atoms. The van der Waals surface area contributed by atoms with Gasteiger partial charge in [-0.2, -0.15) is 0 Å². The first kappa shape index (κ1) is 24.2. The van der Waals surface area contributed by atoms with Crippen molar-refractivity contribution >= 4 is 16.9 Å². The molecule has 0 unspecified atom stereocenters. The molecule has 0 radical (unpaired) electrons. The van der Waals surface area contributed by atoms with Crippen molar-refractivity contribution in [2.45, 2.75) is 70.9 Å². The summed E-state index contributed by atoms with van der Waals surface area (Å²) in [6.45, 7) is 7.04. The van der Waals surface area contributed by atoms with E-state index in [0.29, 0.717) is 35.3 Å². The quantitative estimate of drug-likeness (QED) is 0.411. The molecule has 0 spiro atoms. The molecule has 0 saturated carbocycles. The van der Waals surface area contributed by atoms with E-state index in [1.807, 2.05) is 6.07 Å². The van der Waals surface area contributed by atoms with Crippen LogP contribution in [0, 0.1) is 12.7 Å². The lowest BCUT2D eigenvalue weighted by molar-refractivity contribution is -0.172. The van der Waals surface area contributed by atoms with Gasteiger partial charge in [-0.25, -0.2) is 14.2 Å². The summed E-state index contributed by atoms with van der Waals surface area (Å²) in [5, 5.41) is 22.0. The summed E-state index contributed by atoms with van der Waals surface area (Å²) < 4.78 is 21.5. The molecule has 3 aliphatic heterocycles. The molecule has 0 aliphatic carbocycles. The monoisotopic (exact) mass is 507 g/mol. The second kappa shape index (κ2) is 8.44. The Bertz CT molecular complexity index is 1520. The minimum absolute atomic E-state index is 0.0614. The fraction of sp³-hybridized carbons (Fsp3) is 0.464. The van der Waals surface area contributed by atoms with Crippen molar-refractivity contribution < 1.29 is 24.1 Å². The normalized spacial score (nSPS) is 22.5. The van der Waals surface area contributed by atoms with E-state index < -0.39 is 11.6 Å². The van der Waals surface area contributed by atoms with Gasteiger partial charge in [0, 0.05) is 41.7 Å². The topological polar surface area (TPSA) is 105 Å². The SMILES string of the molecule is CC[C@@]1(O)C(=O)OCc2c1cc1n(c2=O)Cc2c-1nc1cc(F)c(C)cc1c2[C@@H](C)N1CCC(O)CC1. The molecule has 0 amide bonds. The van der Waals surface area contributed by atoms with Crippen molar-refractivity contribution in [3.8, 4) is 11.4 Å². The number of aromatic nitrogens is 2. The van der Waals surface area contributed by atoms with Gasteiger partial charge in [0.15, 0.2) is 5.60 Å². The van der Waals surface area contributed by atoms with E-state index in [1.54, 1.807) is 24.5 Å². The van der Waals surface area contributed by atoms with Crippen LogP contribution >= 0.6 is 0 Å². The Morgan fingerprint density at radius 1 is 1.22 bits per heavy atom. The molecule has 6 rings (SSSR count). The Kier molecular flexibility index (Phi) is 5.52. The number of hydrogen-bond donors (Lipinski definition) is 2. The van der Waals surface area contributed by atoms with Gasteiger partial charge in [0.05, 0.1) is 35.1 Å². The summed E-state index contributed by atoms with van der Waals surface area (Å²) in [6.07, 6.45) is 1.11. The molecule has 3 aliphatic rings. The zero-order valence-electron chi connectivity index (χ0n) is 21.2. The first-order chi connectivity index (χ1) is 17.6. The van der Waals surface area contributed by atoms with Gasteiger partial charge in [-0.05, 0) is 56.4 Å². The number of rotatable bonds is 3. The van der Waals surface area contributed by atoms with Crippen LogP contribution in [-0.2, 0) is 28.3 Å². The third kappa shape index (κ3) is 3.48. The van der Waals surface area contributed by atoms with Crippen molar-refractivity contribution in [2.75, 3.05) is 13.1 Å². The van der Waals surface area contributed by atoms with Crippen LogP contribution in [0.5, 0.6) is 0 Å². The lowest BCUT2D eigenvalue weighted by atomic mass is 9.86. The number of pyridine rings is 2.